The lowest BCUT2D eigenvalue weighted by Gasteiger charge is -2.53. The van der Waals surface area contributed by atoms with E-state index in [1.807, 2.05) is 0 Å². The third-order valence-corrected chi connectivity index (χ3v) is 4.27. The van der Waals surface area contributed by atoms with Crippen LogP contribution in [0.5, 0.6) is 0 Å². The molecular formula is C11H20N2. The molecule has 0 aromatic carbocycles. The Hall–Kier alpha value is -0.0800. The first-order valence-electron chi connectivity index (χ1n) is 5.89. The van der Waals surface area contributed by atoms with Crippen LogP contribution < -0.4 is 10.6 Å². The van der Waals surface area contributed by atoms with E-state index in [2.05, 4.69) is 10.6 Å². The van der Waals surface area contributed by atoms with Crippen LogP contribution in [0.1, 0.15) is 44.9 Å². The molecule has 1 unspecified atom stereocenters. The zero-order valence-corrected chi connectivity index (χ0v) is 8.31. The van der Waals surface area contributed by atoms with Crippen LogP contribution in [0, 0.1) is 0 Å². The quantitative estimate of drug-likeness (QED) is 0.589. The molecule has 2 heteroatoms. The summed E-state index contributed by atoms with van der Waals surface area (Å²) in [6.07, 6.45) is 9.92. The minimum Gasteiger partial charge on any atom is -0.311 e. The van der Waals surface area contributed by atoms with Gasteiger partial charge in [-0.1, -0.05) is 12.8 Å². The third kappa shape index (κ3) is 1.31. The van der Waals surface area contributed by atoms with Crippen molar-refractivity contribution < 1.29 is 0 Å². The molecule has 1 spiro atoms. The van der Waals surface area contributed by atoms with Gasteiger partial charge in [-0.3, -0.25) is 0 Å². The minimum absolute atomic E-state index is 0.526. The Morgan fingerprint density at radius 2 is 1.69 bits per heavy atom. The van der Waals surface area contributed by atoms with E-state index < -0.39 is 0 Å². The molecule has 3 rings (SSSR count). The van der Waals surface area contributed by atoms with Gasteiger partial charge in [0.2, 0.25) is 0 Å². The molecule has 1 saturated heterocycles. The van der Waals surface area contributed by atoms with E-state index in [1.165, 1.54) is 51.5 Å². The highest BCUT2D eigenvalue weighted by atomic mass is 15.2. The van der Waals surface area contributed by atoms with Gasteiger partial charge in [-0.15, -0.1) is 0 Å². The zero-order valence-electron chi connectivity index (χ0n) is 8.31. The number of rotatable bonds is 0. The predicted molar refractivity (Wildman–Crippen MR) is 53.8 cm³/mol. The summed E-state index contributed by atoms with van der Waals surface area (Å²) in [5, 5.41) is 7.66. The first-order chi connectivity index (χ1) is 6.38. The molecule has 0 radical (unpaired) electrons. The standard InChI is InChI=1S/C11H20N2/c1-2-5-10-9(4-1)12-8-11(13-10)6-3-7-11/h9-10,12-13H,1-8H2/t9-,10?/m1/s1. The highest BCUT2D eigenvalue weighted by molar-refractivity contribution is 5.06. The second-order valence-corrected chi connectivity index (χ2v) is 5.16. The maximum absolute atomic E-state index is 3.91. The average molecular weight is 180 g/mol. The van der Waals surface area contributed by atoms with Gasteiger partial charge in [0.05, 0.1) is 0 Å². The Labute approximate surface area is 80.5 Å². The molecule has 0 aromatic rings. The number of piperazine rings is 1. The molecule has 1 aliphatic heterocycles. The Morgan fingerprint density at radius 3 is 2.38 bits per heavy atom. The van der Waals surface area contributed by atoms with E-state index >= 15 is 0 Å². The van der Waals surface area contributed by atoms with Gasteiger partial charge in [-0.25, -0.2) is 0 Å². The maximum atomic E-state index is 3.91. The van der Waals surface area contributed by atoms with E-state index in [9.17, 15) is 0 Å². The van der Waals surface area contributed by atoms with Gasteiger partial charge in [0.1, 0.15) is 0 Å². The molecule has 0 amide bonds. The predicted octanol–water partition coefficient (Wildman–Crippen LogP) is 1.41. The van der Waals surface area contributed by atoms with Gasteiger partial charge >= 0.3 is 0 Å². The molecular weight excluding hydrogens is 160 g/mol. The summed E-state index contributed by atoms with van der Waals surface area (Å²) >= 11 is 0. The summed E-state index contributed by atoms with van der Waals surface area (Å²) in [6, 6.07) is 1.59. The van der Waals surface area contributed by atoms with Gasteiger partial charge in [-0.05, 0) is 32.1 Å². The van der Waals surface area contributed by atoms with Crippen LogP contribution in [0.2, 0.25) is 0 Å². The first kappa shape index (κ1) is 8.25. The summed E-state index contributed by atoms with van der Waals surface area (Å²) in [5.41, 5.74) is 0.526. The minimum atomic E-state index is 0.526. The molecule has 0 bridgehead atoms. The van der Waals surface area contributed by atoms with E-state index in [4.69, 9.17) is 0 Å². The van der Waals surface area contributed by atoms with Crippen molar-refractivity contribution >= 4 is 0 Å². The lowest BCUT2D eigenvalue weighted by atomic mass is 9.72. The van der Waals surface area contributed by atoms with Crippen molar-refractivity contribution in [3.63, 3.8) is 0 Å². The molecule has 2 N–H and O–H groups in total. The second-order valence-electron chi connectivity index (χ2n) is 5.16. The van der Waals surface area contributed by atoms with Crippen molar-refractivity contribution in [1.82, 2.24) is 10.6 Å². The average Bonchev–Trinajstić information content (AvgIpc) is 2.15. The molecule has 74 valence electrons. The fourth-order valence-electron chi connectivity index (χ4n) is 3.24. The van der Waals surface area contributed by atoms with Gasteiger partial charge in [0, 0.05) is 24.2 Å². The van der Waals surface area contributed by atoms with Crippen LogP contribution in [0.25, 0.3) is 0 Å². The number of hydrogen-bond donors (Lipinski definition) is 2. The highest BCUT2D eigenvalue weighted by Gasteiger charge is 2.44. The molecule has 0 aromatic heterocycles. The summed E-state index contributed by atoms with van der Waals surface area (Å²) < 4.78 is 0. The number of fused-ring (bicyclic) bond motifs is 1. The molecule has 3 aliphatic rings. The first-order valence-corrected chi connectivity index (χ1v) is 5.89. The van der Waals surface area contributed by atoms with Gasteiger partial charge in [0.25, 0.3) is 0 Å². The summed E-state index contributed by atoms with van der Waals surface area (Å²) in [6.45, 7) is 1.23. The van der Waals surface area contributed by atoms with Crippen LogP contribution in [0.4, 0.5) is 0 Å². The third-order valence-electron chi connectivity index (χ3n) is 4.27. The highest BCUT2D eigenvalue weighted by Crippen LogP contribution is 2.36. The van der Waals surface area contributed by atoms with Gasteiger partial charge < -0.3 is 10.6 Å². The Balaban J connectivity index is 1.69. The zero-order chi connectivity index (χ0) is 8.73. The number of hydrogen-bond acceptors (Lipinski definition) is 2. The van der Waals surface area contributed by atoms with Crippen molar-refractivity contribution in [3.05, 3.63) is 0 Å². The Bertz CT molecular complexity index is 198. The molecule has 3 fully saturated rings. The Kier molecular flexibility index (Phi) is 1.88. The van der Waals surface area contributed by atoms with Crippen molar-refractivity contribution in [2.24, 2.45) is 0 Å². The summed E-state index contributed by atoms with van der Waals surface area (Å²) in [5.74, 6) is 0. The summed E-state index contributed by atoms with van der Waals surface area (Å²) in [4.78, 5) is 0. The maximum Gasteiger partial charge on any atom is 0.0309 e. The fourth-order valence-corrected chi connectivity index (χ4v) is 3.24. The monoisotopic (exact) mass is 180 g/mol. The smallest absolute Gasteiger partial charge is 0.0309 e. The van der Waals surface area contributed by atoms with Crippen molar-refractivity contribution in [2.45, 2.75) is 62.6 Å². The summed E-state index contributed by atoms with van der Waals surface area (Å²) in [7, 11) is 0. The van der Waals surface area contributed by atoms with Gasteiger partial charge in [0.15, 0.2) is 0 Å². The molecule has 2 aliphatic carbocycles. The normalized spacial score (nSPS) is 42.5. The largest absolute Gasteiger partial charge is 0.311 e. The van der Waals surface area contributed by atoms with Crippen LogP contribution in [0.3, 0.4) is 0 Å². The van der Waals surface area contributed by atoms with Crippen LogP contribution >= 0.6 is 0 Å². The molecule has 2 nitrogen and oxygen atoms in total. The fraction of sp³-hybridized carbons (Fsp3) is 1.00. The molecule has 2 saturated carbocycles. The van der Waals surface area contributed by atoms with E-state index in [1.54, 1.807) is 0 Å². The molecule has 13 heavy (non-hydrogen) atoms. The SMILES string of the molecule is C1CC[C@H]2NCC3(CCC3)NC2C1. The lowest BCUT2D eigenvalue weighted by Crippen LogP contribution is -2.70. The lowest BCUT2D eigenvalue weighted by molar-refractivity contribution is 0.0839. The molecule has 1 heterocycles. The van der Waals surface area contributed by atoms with Crippen LogP contribution in [-0.4, -0.2) is 24.2 Å². The van der Waals surface area contributed by atoms with Crippen LogP contribution in [-0.2, 0) is 0 Å². The van der Waals surface area contributed by atoms with Gasteiger partial charge in [-0.2, -0.15) is 0 Å². The van der Waals surface area contributed by atoms with Crippen molar-refractivity contribution in [1.29, 1.82) is 0 Å². The second kappa shape index (κ2) is 2.96. The van der Waals surface area contributed by atoms with E-state index in [0.29, 0.717) is 5.54 Å². The van der Waals surface area contributed by atoms with E-state index in [0.717, 1.165) is 12.1 Å². The molecule has 2 atom stereocenters. The van der Waals surface area contributed by atoms with E-state index in [-0.39, 0.29) is 0 Å². The van der Waals surface area contributed by atoms with Crippen molar-refractivity contribution in [2.75, 3.05) is 6.54 Å². The van der Waals surface area contributed by atoms with Crippen LogP contribution in [0.15, 0.2) is 0 Å². The Morgan fingerprint density at radius 1 is 0.923 bits per heavy atom. The topological polar surface area (TPSA) is 24.1 Å². The van der Waals surface area contributed by atoms with Crippen molar-refractivity contribution in [3.8, 4) is 0 Å². The number of nitrogens with one attached hydrogen (secondary N) is 2.